The molecule has 0 radical (unpaired) electrons. The number of aromatic nitrogens is 2. The number of rotatable bonds is 3. The lowest BCUT2D eigenvalue weighted by molar-refractivity contribution is 0.536. The highest BCUT2D eigenvalue weighted by atomic mass is 32.2. The third-order valence-electron chi connectivity index (χ3n) is 2.97. The minimum Gasteiger partial charge on any atom is -0.339 e. The summed E-state index contributed by atoms with van der Waals surface area (Å²) in [6, 6.07) is 0.0713. The lowest BCUT2D eigenvalue weighted by atomic mass is 10.1. The van der Waals surface area contributed by atoms with Crippen LogP contribution in [0.25, 0.3) is 0 Å². The lowest BCUT2D eigenvalue weighted by Crippen LogP contribution is -2.33. The largest absolute Gasteiger partial charge is 0.339 e. The van der Waals surface area contributed by atoms with Crippen LogP contribution in [0.4, 0.5) is 0 Å². The molecule has 0 saturated heterocycles. The Morgan fingerprint density at radius 3 is 2.75 bits per heavy atom. The van der Waals surface area contributed by atoms with Crippen molar-refractivity contribution >= 4 is 10.0 Å². The predicted octanol–water partition coefficient (Wildman–Crippen LogP) is 0.887. The molecular formula is C10H17N3O2S. The standard InChI is InChI=1S/C10H17N3O2S/c1-8-3-4-9(5-8)12-16(14,15)10-6-13(2)7-11-10/h6-9,12H,3-5H2,1-2H3. The van der Waals surface area contributed by atoms with E-state index in [0.717, 1.165) is 19.3 Å². The fraction of sp³-hybridized carbons (Fsp3) is 0.700. The molecule has 1 saturated carbocycles. The lowest BCUT2D eigenvalue weighted by Gasteiger charge is -2.11. The first-order valence-corrected chi connectivity index (χ1v) is 6.96. The quantitative estimate of drug-likeness (QED) is 0.857. The molecule has 1 aliphatic carbocycles. The number of aryl methyl sites for hydroxylation is 1. The summed E-state index contributed by atoms with van der Waals surface area (Å²) in [5.74, 6) is 0.608. The van der Waals surface area contributed by atoms with E-state index in [1.807, 2.05) is 0 Å². The van der Waals surface area contributed by atoms with Gasteiger partial charge in [-0.3, -0.25) is 0 Å². The molecule has 1 aliphatic rings. The average Bonchev–Trinajstić information content (AvgIpc) is 2.75. The van der Waals surface area contributed by atoms with Crippen molar-refractivity contribution in [3.8, 4) is 0 Å². The van der Waals surface area contributed by atoms with Crippen LogP contribution in [-0.4, -0.2) is 24.0 Å². The molecule has 1 fully saturated rings. The molecule has 0 amide bonds. The molecule has 2 atom stereocenters. The molecule has 2 unspecified atom stereocenters. The Labute approximate surface area is 95.9 Å². The van der Waals surface area contributed by atoms with Crippen molar-refractivity contribution in [2.45, 2.75) is 37.3 Å². The molecule has 16 heavy (non-hydrogen) atoms. The van der Waals surface area contributed by atoms with Crippen LogP contribution in [0, 0.1) is 5.92 Å². The predicted molar refractivity (Wildman–Crippen MR) is 60.3 cm³/mol. The second kappa shape index (κ2) is 4.18. The second-order valence-corrected chi connectivity index (χ2v) is 6.27. The van der Waals surface area contributed by atoms with Crippen LogP contribution in [0.15, 0.2) is 17.6 Å². The molecule has 0 aromatic carbocycles. The van der Waals surface area contributed by atoms with Gasteiger partial charge >= 0.3 is 0 Å². The number of hydrogen-bond donors (Lipinski definition) is 1. The van der Waals surface area contributed by atoms with Crippen molar-refractivity contribution in [2.24, 2.45) is 13.0 Å². The van der Waals surface area contributed by atoms with Crippen LogP contribution >= 0.6 is 0 Å². The van der Waals surface area contributed by atoms with Crippen LogP contribution in [0.5, 0.6) is 0 Å². The number of nitrogens with zero attached hydrogens (tertiary/aromatic N) is 2. The van der Waals surface area contributed by atoms with E-state index in [1.54, 1.807) is 11.6 Å². The van der Waals surface area contributed by atoms with E-state index in [9.17, 15) is 8.42 Å². The maximum Gasteiger partial charge on any atom is 0.259 e. The summed E-state index contributed by atoms with van der Waals surface area (Å²) in [5, 5.41) is 0.106. The molecule has 90 valence electrons. The van der Waals surface area contributed by atoms with E-state index in [0.29, 0.717) is 5.92 Å². The van der Waals surface area contributed by atoms with E-state index in [2.05, 4.69) is 16.6 Å². The Morgan fingerprint density at radius 2 is 2.25 bits per heavy atom. The summed E-state index contributed by atoms with van der Waals surface area (Å²) >= 11 is 0. The van der Waals surface area contributed by atoms with Gasteiger partial charge in [0.05, 0.1) is 6.33 Å². The minimum absolute atomic E-state index is 0.0713. The number of sulfonamides is 1. The monoisotopic (exact) mass is 243 g/mol. The maximum atomic E-state index is 11.9. The minimum atomic E-state index is -3.43. The summed E-state index contributed by atoms with van der Waals surface area (Å²) in [5.41, 5.74) is 0. The zero-order valence-corrected chi connectivity index (χ0v) is 10.4. The highest BCUT2D eigenvalue weighted by Crippen LogP contribution is 2.25. The van der Waals surface area contributed by atoms with Crippen LogP contribution in [-0.2, 0) is 17.1 Å². The fourth-order valence-electron chi connectivity index (χ4n) is 2.12. The van der Waals surface area contributed by atoms with Crippen molar-refractivity contribution in [1.82, 2.24) is 14.3 Å². The van der Waals surface area contributed by atoms with Crippen LogP contribution in [0.3, 0.4) is 0 Å². The van der Waals surface area contributed by atoms with Gasteiger partial charge in [0, 0.05) is 19.3 Å². The van der Waals surface area contributed by atoms with Crippen molar-refractivity contribution < 1.29 is 8.42 Å². The molecule has 1 aromatic rings. The Bertz CT molecular complexity index is 466. The molecule has 1 heterocycles. The zero-order chi connectivity index (χ0) is 11.8. The van der Waals surface area contributed by atoms with Gasteiger partial charge in [0.25, 0.3) is 10.0 Å². The fourth-order valence-corrected chi connectivity index (χ4v) is 3.39. The van der Waals surface area contributed by atoms with Gasteiger partial charge in [-0.05, 0) is 25.2 Å². The normalized spacial score (nSPS) is 26.1. The van der Waals surface area contributed by atoms with E-state index >= 15 is 0 Å². The number of nitrogens with one attached hydrogen (secondary N) is 1. The third kappa shape index (κ3) is 2.44. The summed E-state index contributed by atoms with van der Waals surface area (Å²) in [6.45, 7) is 2.15. The van der Waals surface area contributed by atoms with Crippen molar-refractivity contribution in [3.63, 3.8) is 0 Å². The molecule has 1 aromatic heterocycles. The van der Waals surface area contributed by atoms with Gasteiger partial charge < -0.3 is 4.57 Å². The van der Waals surface area contributed by atoms with Gasteiger partial charge in [0.1, 0.15) is 0 Å². The van der Waals surface area contributed by atoms with Crippen LogP contribution in [0.1, 0.15) is 26.2 Å². The Balaban J connectivity index is 2.09. The molecule has 6 heteroatoms. The number of hydrogen-bond acceptors (Lipinski definition) is 3. The SMILES string of the molecule is CC1CCC(NS(=O)(=O)c2cn(C)cn2)C1. The van der Waals surface area contributed by atoms with Gasteiger partial charge in [-0.25, -0.2) is 18.1 Å². The van der Waals surface area contributed by atoms with Gasteiger partial charge in [0.2, 0.25) is 0 Å². The summed E-state index contributed by atoms with van der Waals surface area (Å²) in [4.78, 5) is 3.86. The molecule has 0 spiro atoms. The Hall–Kier alpha value is -0.880. The van der Waals surface area contributed by atoms with Crippen LogP contribution in [0.2, 0.25) is 0 Å². The molecule has 5 nitrogen and oxygen atoms in total. The Morgan fingerprint density at radius 1 is 1.50 bits per heavy atom. The third-order valence-corrected chi connectivity index (χ3v) is 4.38. The zero-order valence-electron chi connectivity index (χ0n) is 9.55. The van der Waals surface area contributed by atoms with Gasteiger partial charge in [-0.1, -0.05) is 6.92 Å². The van der Waals surface area contributed by atoms with E-state index in [4.69, 9.17) is 0 Å². The highest BCUT2D eigenvalue weighted by Gasteiger charge is 2.27. The highest BCUT2D eigenvalue weighted by molar-refractivity contribution is 7.89. The second-order valence-electron chi connectivity index (χ2n) is 4.61. The molecule has 0 aliphatic heterocycles. The van der Waals surface area contributed by atoms with E-state index in [1.165, 1.54) is 12.5 Å². The Kier molecular flexibility index (Phi) is 3.03. The van der Waals surface area contributed by atoms with E-state index < -0.39 is 10.0 Å². The van der Waals surface area contributed by atoms with Gasteiger partial charge in [-0.2, -0.15) is 0 Å². The smallest absolute Gasteiger partial charge is 0.259 e. The van der Waals surface area contributed by atoms with Gasteiger partial charge in [-0.15, -0.1) is 0 Å². The molecule has 1 N–H and O–H groups in total. The summed E-state index contributed by atoms with van der Waals surface area (Å²) < 4.78 is 28.2. The number of imidazole rings is 1. The first kappa shape index (κ1) is 11.6. The maximum absolute atomic E-state index is 11.9. The molecule has 2 rings (SSSR count). The first-order chi connectivity index (χ1) is 7.47. The summed E-state index contributed by atoms with van der Waals surface area (Å²) in [7, 11) is -1.67. The topological polar surface area (TPSA) is 64.0 Å². The summed E-state index contributed by atoms with van der Waals surface area (Å²) in [6.07, 6.45) is 5.95. The first-order valence-electron chi connectivity index (χ1n) is 5.47. The molecule has 0 bridgehead atoms. The average molecular weight is 243 g/mol. The van der Waals surface area contributed by atoms with Crippen molar-refractivity contribution in [3.05, 3.63) is 12.5 Å². The van der Waals surface area contributed by atoms with Gasteiger partial charge in [0.15, 0.2) is 5.03 Å². The van der Waals surface area contributed by atoms with Crippen molar-refractivity contribution in [2.75, 3.05) is 0 Å². The van der Waals surface area contributed by atoms with Crippen LogP contribution < -0.4 is 4.72 Å². The van der Waals surface area contributed by atoms with E-state index in [-0.39, 0.29) is 11.1 Å². The van der Waals surface area contributed by atoms with Crippen molar-refractivity contribution in [1.29, 1.82) is 0 Å². The molecular weight excluding hydrogens is 226 g/mol.